The number of ether oxygens (including phenoxy) is 6. The largest absolute Gasteiger partial charge is 0.493 e. The van der Waals surface area contributed by atoms with Crippen LogP contribution in [0.4, 0.5) is 11.4 Å². The fourth-order valence-corrected chi connectivity index (χ4v) is 5.09. The molecule has 20 heteroatoms. The Morgan fingerprint density at radius 1 is 0.750 bits per heavy atom. The first kappa shape index (κ1) is 40.1. The van der Waals surface area contributed by atoms with E-state index in [2.05, 4.69) is 9.47 Å². The number of hydrogen-bond donors (Lipinski definition) is 0. The monoisotopic (exact) mass is 732 g/mol. The van der Waals surface area contributed by atoms with Crippen LogP contribution in [0.3, 0.4) is 0 Å². The highest BCUT2D eigenvalue weighted by molar-refractivity contribution is 6.05. The maximum Gasteiger partial charge on any atom is 0.329 e. The minimum absolute atomic E-state index is 0.0324. The van der Waals surface area contributed by atoms with E-state index < -0.39 is 62.9 Å². The first-order valence-corrected chi connectivity index (χ1v) is 15.4. The molecule has 0 radical (unpaired) electrons. The molecule has 52 heavy (non-hydrogen) atoms. The molecule has 0 aliphatic carbocycles. The van der Waals surface area contributed by atoms with Crippen LogP contribution < -0.4 is 18.9 Å². The van der Waals surface area contributed by atoms with Crippen molar-refractivity contribution in [1.82, 2.24) is 9.80 Å². The van der Waals surface area contributed by atoms with Crippen LogP contribution in [0.15, 0.2) is 24.3 Å². The molecule has 20 nitrogen and oxygen atoms in total. The maximum absolute atomic E-state index is 13.3. The summed E-state index contributed by atoms with van der Waals surface area (Å²) in [5, 5.41) is 23.7. The molecule has 1 unspecified atom stereocenters. The number of amides is 2. The van der Waals surface area contributed by atoms with Crippen LogP contribution in [-0.4, -0.2) is 122 Å². The van der Waals surface area contributed by atoms with Crippen molar-refractivity contribution in [2.24, 2.45) is 0 Å². The Morgan fingerprint density at radius 2 is 1.25 bits per heavy atom. The second kappa shape index (κ2) is 18.1. The number of nitro benzene ring substituents is 2. The Balaban J connectivity index is 0.00000136. The Hall–Kier alpha value is -6.34. The molecule has 2 aliphatic rings. The molecule has 0 aromatic heterocycles. The van der Waals surface area contributed by atoms with Gasteiger partial charge in [-0.05, 0) is 0 Å². The van der Waals surface area contributed by atoms with Crippen molar-refractivity contribution in [3.63, 3.8) is 0 Å². The summed E-state index contributed by atoms with van der Waals surface area (Å²) in [7, 11) is 4.98. The third-order valence-electron chi connectivity index (χ3n) is 7.70. The molecule has 2 aliphatic heterocycles. The highest BCUT2D eigenvalue weighted by Crippen LogP contribution is 2.38. The van der Waals surface area contributed by atoms with Crippen molar-refractivity contribution in [3.05, 3.63) is 55.6 Å². The van der Waals surface area contributed by atoms with Crippen LogP contribution >= 0.6 is 0 Å². The molecule has 2 saturated heterocycles. The molecular weight excluding hydrogens is 696 g/mol. The lowest BCUT2D eigenvalue weighted by Gasteiger charge is -2.22. The fourth-order valence-electron chi connectivity index (χ4n) is 5.09. The maximum atomic E-state index is 13.3. The van der Waals surface area contributed by atoms with Crippen molar-refractivity contribution in [2.75, 3.05) is 61.3 Å². The summed E-state index contributed by atoms with van der Waals surface area (Å²) in [5.41, 5.74) is -1.89. The van der Waals surface area contributed by atoms with E-state index in [-0.39, 0.29) is 85.9 Å². The van der Waals surface area contributed by atoms with Crippen molar-refractivity contribution in [1.29, 1.82) is 0 Å². The Bertz CT molecular complexity index is 1760. The minimum atomic E-state index is -1.23. The van der Waals surface area contributed by atoms with Crippen LogP contribution in [0, 0.1) is 20.2 Å². The molecular formula is C32H36N4O16. The quantitative estimate of drug-likeness (QED) is 0.123. The molecule has 4 rings (SSSR count). The predicted octanol–water partition coefficient (Wildman–Crippen LogP) is 1.92. The second-order valence-corrected chi connectivity index (χ2v) is 11.0. The Kier molecular flexibility index (Phi) is 13.9. The fraction of sp³-hybridized carbons (Fsp3) is 0.438. The molecule has 2 heterocycles. The molecule has 0 bridgehead atoms. The SMILES string of the molecule is COC(=O)C1CC(=O)CN1C(=O)c1cc(OC)c(OCCCOc2cc([N+](=O)[O-])c(C(=O)N3CCC(=O)C3)cc2OC)cc1[N+](=O)[O-].COC(C)=O. The number of carbonyl (C=O) groups is 6. The van der Waals surface area contributed by atoms with E-state index in [9.17, 15) is 49.0 Å². The number of hydrogen-bond acceptors (Lipinski definition) is 16. The van der Waals surface area contributed by atoms with E-state index in [1.54, 1.807) is 0 Å². The van der Waals surface area contributed by atoms with Crippen molar-refractivity contribution >= 4 is 46.7 Å². The number of esters is 2. The van der Waals surface area contributed by atoms with Gasteiger partial charge in [0.05, 0.1) is 76.7 Å². The van der Waals surface area contributed by atoms with Crippen molar-refractivity contribution < 1.29 is 67.0 Å². The van der Waals surface area contributed by atoms with Gasteiger partial charge in [-0.15, -0.1) is 0 Å². The predicted molar refractivity (Wildman–Crippen MR) is 175 cm³/mol. The molecule has 2 aromatic carbocycles. The summed E-state index contributed by atoms with van der Waals surface area (Å²) in [6.45, 7) is 0.787. The average molecular weight is 733 g/mol. The second-order valence-electron chi connectivity index (χ2n) is 11.0. The topological polar surface area (TPSA) is 251 Å². The number of ketones is 2. The van der Waals surface area contributed by atoms with Crippen LogP contribution in [-0.2, 0) is 28.7 Å². The zero-order chi connectivity index (χ0) is 38.7. The normalized spacial score (nSPS) is 14.9. The number of carbonyl (C=O) groups excluding carboxylic acids is 6. The lowest BCUT2D eigenvalue weighted by molar-refractivity contribution is -0.385. The van der Waals surface area contributed by atoms with E-state index in [4.69, 9.17) is 18.9 Å². The van der Waals surface area contributed by atoms with E-state index >= 15 is 0 Å². The Labute approximate surface area is 295 Å². The van der Waals surface area contributed by atoms with E-state index in [0.717, 1.165) is 30.2 Å². The van der Waals surface area contributed by atoms with Crippen LogP contribution in [0.5, 0.6) is 23.0 Å². The van der Waals surface area contributed by atoms with Gasteiger partial charge in [0.15, 0.2) is 34.6 Å². The molecule has 0 N–H and O–H groups in total. The molecule has 2 amide bonds. The van der Waals surface area contributed by atoms with Gasteiger partial charge in [0.2, 0.25) is 0 Å². The van der Waals surface area contributed by atoms with E-state index in [1.165, 1.54) is 39.2 Å². The van der Waals surface area contributed by atoms with E-state index in [1.807, 2.05) is 0 Å². The molecule has 0 saturated carbocycles. The zero-order valence-corrected chi connectivity index (χ0v) is 28.9. The van der Waals surface area contributed by atoms with Crippen molar-refractivity contribution in [3.8, 4) is 23.0 Å². The summed E-state index contributed by atoms with van der Waals surface area (Å²) in [6.07, 6.45) is 0.0381. The van der Waals surface area contributed by atoms with Crippen LogP contribution in [0.1, 0.15) is 46.9 Å². The van der Waals surface area contributed by atoms with Gasteiger partial charge >= 0.3 is 11.9 Å². The average Bonchev–Trinajstić information content (AvgIpc) is 3.75. The first-order valence-electron chi connectivity index (χ1n) is 15.4. The number of nitro groups is 2. The highest BCUT2D eigenvalue weighted by atomic mass is 16.6. The molecule has 2 fully saturated rings. The number of nitrogens with zero attached hydrogens (tertiary/aromatic N) is 4. The summed E-state index contributed by atoms with van der Waals surface area (Å²) >= 11 is 0. The number of Topliss-reactive ketones (excluding diaryl/α,β-unsaturated/α-hetero) is 2. The van der Waals surface area contributed by atoms with E-state index in [0.29, 0.717) is 0 Å². The number of rotatable bonds is 13. The number of methoxy groups -OCH3 is 4. The molecule has 0 spiro atoms. The van der Waals surface area contributed by atoms with Gasteiger partial charge in [-0.2, -0.15) is 0 Å². The summed E-state index contributed by atoms with van der Waals surface area (Å²) in [4.78, 5) is 95.8. The lowest BCUT2D eigenvalue weighted by Crippen LogP contribution is -2.41. The van der Waals surface area contributed by atoms with Gasteiger partial charge in [0.25, 0.3) is 23.2 Å². The highest BCUT2D eigenvalue weighted by Gasteiger charge is 2.42. The first-order chi connectivity index (χ1) is 24.7. The van der Waals surface area contributed by atoms with Gasteiger partial charge in [-0.3, -0.25) is 44.2 Å². The van der Waals surface area contributed by atoms with Crippen molar-refractivity contribution in [2.45, 2.75) is 32.2 Å². The summed E-state index contributed by atoms with van der Waals surface area (Å²) in [5.74, 6) is -3.40. The number of likely N-dealkylation sites (tertiary alicyclic amines) is 2. The molecule has 2 aromatic rings. The standard InChI is InChI=1S/C29H30N4O14.C3H6O2/c1-43-23-10-18(27(36)30-6-5-16(34)14-30)20(32(39)40)12-25(23)46-7-4-8-47-26-13-21(33(41)42)19(11-24(26)44-2)28(37)31-15-17(35)9-22(31)29(38)45-3;1-3(4)5-2/h10-13,22H,4-9,14-15H2,1-3H3;1-2H3. The summed E-state index contributed by atoms with van der Waals surface area (Å²) < 4.78 is 30.7. The number of benzene rings is 2. The Morgan fingerprint density at radius 3 is 1.65 bits per heavy atom. The van der Waals surface area contributed by atoms with Crippen LogP contribution in [0.2, 0.25) is 0 Å². The zero-order valence-electron chi connectivity index (χ0n) is 28.9. The summed E-state index contributed by atoms with van der Waals surface area (Å²) in [6, 6.07) is 3.05. The minimum Gasteiger partial charge on any atom is -0.493 e. The van der Waals surface area contributed by atoms with Gasteiger partial charge in [-0.25, -0.2) is 4.79 Å². The molecule has 280 valence electrons. The van der Waals surface area contributed by atoms with Gasteiger partial charge < -0.3 is 38.2 Å². The smallest absolute Gasteiger partial charge is 0.329 e. The third kappa shape index (κ3) is 9.67. The van der Waals surface area contributed by atoms with Gasteiger partial charge in [-0.1, -0.05) is 0 Å². The lowest BCUT2D eigenvalue weighted by atomic mass is 10.1. The third-order valence-corrected chi connectivity index (χ3v) is 7.70. The molecule has 1 atom stereocenters. The van der Waals surface area contributed by atoms with Crippen LogP contribution in [0.25, 0.3) is 0 Å². The van der Waals surface area contributed by atoms with Gasteiger partial charge in [0, 0.05) is 44.9 Å². The van der Waals surface area contributed by atoms with Gasteiger partial charge in [0.1, 0.15) is 17.2 Å².